The van der Waals surface area contributed by atoms with Crippen LogP contribution in [0.15, 0.2) is 30.5 Å². The number of anilines is 3. The van der Waals surface area contributed by atoms with Crippen LogP contribution in [0.3, 0.4) is 0 Å². The minimum Gasteiger partial charge on any atom is -0.395 e. The molecule has 1 aromatic heterocycles. The summed E-state index contributed by atoms with van der Waals surface area (Å²) < 4.78 is 26.8. The maximum Gasteiger partial charge on any atom is 0.155 e. The summed E-state index contributed by atoms with van der Waals surface area (Å²) in [5.74, 6) is -1.49. The Hall–Kier alpha value is -2.68. The fraction of sp³-hybridized carbons (Fsp3) is 0. The molecule has 2 aromatic rings. The first-order valence-electron chi connectivity index (χ1n) is 4.99. The molecule has 90 valence electrons. The minimum atomic E-state index is -0.765. The van der Waals surface area contributed by atoms with Crippen molar-refractivity contribution in [3.63, 3.8) is 0 Å². The van der Waals surface area contributed by atoms with E-state index in [1.165, 1.54) is 18.3 Å². The van der Waals surface area contributed by atoms with Gasteiger partial charge in [0.1, 0.15) is 23.4 Å². The van der Waals surface area contributed by atoms with E-state index >= 15 is 0 Å². The van der Waals surface area contributed by atoms with Crippen LogP contribution in [0.25, 0.3) is 0 Å². The van der Waals surface area contributed by atoms with E-state index in [4.69, 9.17) is 11.0 Å². The van der Waals surface area contributed by atoms with Crippen LogP contribution in [-0.2, 0) is 0 Å². The smallest absolute Gasteiger partial charge is 0.155 e. The lowest BCUT2D eigenvalue weighted by molar-refractivity contribution is 0.590. The number of hydrogen-bond donors (Lipinski definition) is 2. The number of rotatable bonds is 2. The predicted octanol–water partition coefficient (Wildman–Crippen LogP) is 2.56. The first-order valence-corrected chi connectivity index (χ1v) is 4.99. The van der Waals surface area contributed by atoms with Crippen molar-refractivity contribution in [3.8, 4) is 6.07 Å². The van der Waals surface area contributed by atoms with Gasteiger partial charge < -0.3 is 11.1 Å². The molecule has 1 heterocycles. The summed E-state index contributed by atoms with van der Waals surface area (Å²) in [5, 5.41) is 11.2. The van der Waals surface area contributed by atoms with E-state index in [9.17, 15) is 8.78 Å². The van der Waals surface area contributed by atoms with Crippen molar-refractivity contribution < 1.29 is 8.78 Å². The summed E-state index contributed by atoms with van der Waals surface area (Å²) in [5.41, 5.74) is 5.52. The Morgan fingerprint density at radius 3 is 2.50 bits per heavy atom. The number of nitrogens with zero attached hydrogens (tertiary/aromatic N) is 2. The Balaban J connectivity index is 2.44. The van der Waals surface area contributed by atoms with Crippen LogP contribution >= 0.6 is 0 Å². The molecule has 0 unspecified atom stereocenters. The molecule has 0 amide bonds. The number of nitrogens with one attached hydrogen (secondary N) is 1. The van der Waals surface area contributed by atoms with Crippen LogP contribution in [0.4, 0.5) is 26.0 Å². The topological polar surface area (TPSA) is 74.7 Å². The van der Waals surface area contributed by atoms with Crippen LogP contribution in [0.1, 0.15) is 5.56 Å². The highest BCUT2D eigenvalue weighted by Gasteiger charge is 2.12. The van der Waals surface area contributed by atoms with Crippen molar-refractivity contribution in [1.29, 1.82) is 5.26 Å². The monoisotopic (exact) mass is 246 g/mol. The number of hydrogen-bond acceptors (Lipinski definition) is 4. The second kappa shape index (κ2) is 4.67. The molecule has 0 saturated carbocycles. The third kappa shape index (κ3) is 2.06. The molecular formula is C12H8F2N4. The molecule has 0 saturated heterocycles. The van der Waals surface area contributed by atoms with Gasteiger partial charge in [-0.2, -0.15) is 5.26 Å². The average Bonchev–Trinajstić information content (AvgIpc) is 2.36. The highest BCUT2D eigenvalue weighted by Crippen LogP contribution is 2.26. The zero-order valence-electron chi connectivity index (χ0n) is 9.11. The van der Waals surface area contributed by atoms with Crippen LogP contribution < -0.4 is 11.1 Å². The Labute approximate surface area is 102 Å². The lowest BCUT2D eigenvalue weighted by atomic mass is 10.2. The Morgan fingerprint density at radius 2 is 1.89 bits per heavy atom. The van der Waals surface area contributed by atoms with E-state index < -0.39 is 11.6 Å². The maximum atomic E-state index is 13.4. The van der Waals surface area contributed by atoms with Gasteiger partial charge in [0, 0.05) is 6.20 Å². The molecule has 0 aliphatic heterocycles. The lowest BCUT2D eigenvalue weighted by Gasteiger charge is -2.10. The van der Waals surface area contributed by atoms with Gasteiger partial charge in [-0.25, -0.2) is 13.8 Å². The fourth-order valence-corrected chi connectivity index (χ4v) is 1.41. The van der Waals surface area contributed by atoms with Gasteiger partial charge in [0.25, 0.3) is 0 Å². The van der Waals surface area contributed by atoms with E-state index in [2.05, 4.69) is 10.3 Å². The SMILES string of the molecule is N#Cc1ccnc(Nc2c(F)cccc2F)c1N. The van der Waals surface area contributed by atoms with E-state index in [0.29, 0.717) is 0 Å². The van der Waals surface area contributed by atoms with Crippen molar-refractivity contribution in [1.82, 2.24) is 4.98 Å². The van der Waals surface area contributed by atoms with Crippen molar-refractivity contribution >= 4 is 17.2 Å². The van der Waals surface area contributed by atoms with Crippen LogP contribution in [0.2, 0.25) is 0 Å². The van der Waals surface area contributed by atoms with Crippen LogP contribution in [0, 0.1) is 23.0 Å². The van der Waals surface area contributed by atoms with E-state index in [0.717, 1.165) is 12.1 Å². The number of halogens is 2. The largest absolute Gasteiger partial charge is 0.395 e. The zero-order valence-corrected chi connectivity index (χ0v) is 9.11. The van der Waals surface area contributed by atoms with Gasteiger partial charge in [-0.1, -0.05) is 6.07 Å². The van der Waals surface area contributed by atoms with Crippen molar-refractivity contribution in [3.05, 3.63) is 47.7 Å². The maximum absolute atomic E-state index is 13.4. The van der Waals surface area contributed by atoms with Gasteiger partial charge in [-0.15, -0.1) is 0 Å². The van der Waals surface area contributed by atoms with Gasteiger partial charge in [-0.05, 0) is 18.2 Å². The number of nitrogen functional groups attached to an aromatic ring is 1. The number of aromatic nitrogens is 1. The molecule has 1 aromatic carbocycles. The Bertz CT molecular complexity index is 614. The molecule has 0 aliphatic carbocycles. The Kier molecular flexibility index (Phi) is 3.06. The average molecular weight is 246 g/mol. The number of para-hydroxylation sites is 1. The number of nitrogens with two attached hydrogens (primary N) is 1. The van der Waals surface area contributed by atoms with Crippen molar-refractivity contribution in [2.24, 2.45) is 0 Å². The summed E-state index contributed by atoms with van der Waals surface area (Å²) in [7, 11) is 0. The molecule has 0 spiro atoms. The van der Waals surface area contributed by atoms with Crippen molar-refractivity contribution in [2.45, 2.75) is 0 Å². The predicted molar refractivity (Wildman–Crippen MR) is 63.0 cm³/mol. The molecule has 0 fully saturated rings. The highest BCUT2D eigenvalue weighted by molar-refractivity contribution is 5.73. The first-order chi connectivity index (χ1) is 8.63. The van der Waals surface area contributed by atoms with Gasteiger partial charge in [0.15, 0.2) is 5.82 Å². The van der Waals surface area contributed by atoms with Crippen molar-refractivity contribution in [2.75, 3.05) is 11.1 Å². The minimum absolute atomic E-state index is 0.0399. The molecule has 0 bridgehead atoms. The summed E-state index contributed by atoms with van der Waals surface area (Å²) >= 11 is 0. The van der Waals surface area contributed by atoms with Gasteiger partial charge >= 0.3 is 0 Å². The summed E-state index contributed by atoms with van der Waals surface area (Å²) in [4.78, 5) is 3.84. The second-order valence-electron chi connectivity index (χ2n) is 3.45. The third-order valence-electron chi connectivity index (χ3n) is 2.32. The summed E-state index contributed by atoms with van der Waals surface area (Å²) in [6, 6.07) is 6.74. The number of nitriles is 1. The first kappa shape index (κ1) is 11.8. The fourth-order valence-electron chi connectivity index (χ4n) is 1.41. The van der Waals surface area contributed by atoms with E-state index in [1.54, 1.807) is 0 Å². The molecule has 0 radical (unpaired) electrons. The Morgan fingerprint density at radius 1 is 1.22 bits per heavy atom. The normalized spacial score (nSPS) is 9.83. The molecule has 6 heteroatoms. The molecule has 0 atom stereocenters. The van der Waals surface area contributed by atoms with Gasteiger partial charge in [-0.3, -0.25) is 0 Å². The highest BCUT2D eigenvalue weighted by atomic mass is 19.1. The van der Waals surface area contributed by atoms with Gasteiger partial charge in [0.2, 0.25) is 0 Å². The quantitative estimate of drug-likeness (QED) is 0.853. The number of benzene rings is 1. The zero-order chi connectivity index (χ0) is 13.1. The van der Waals surface area contributed by atoms with Crippen LogP contribution in [0.5, 0.6) is 0 Å². The molecule has 2 rings (SSSR count). The summed E-state index contributed by atoms with van der Waals surface area (Å²) in [6.07, 6.45) is 1.33. The number of pyridine rings is 1. The molecular weight excluding hydrogens is 238 g/mol. The standard InChI is InChI=1S/C12H8F2N4/c13-8-2-1-3-9(14)11(8)18-12-10(16)7(6-15)4-5-17-12/h1-5H,16H2,(H,17,18). The molecule has 3 N–H and O–H groups in total. The molecule has 18 heavy (non-hydrogen) atoms. The lowest BCUT2D eigenvalue weighted by Crippen LogP contribution is -2.04. The summed E-state index contributed by atoms with van der Waals surface area (Å²) in [6.45, 7) is 0. The van der Waals surface area contributed by atoms with Gasteiger partial charge in [0.05, 0.1) is 11.3 Å². The molecule has 4 nitrogen and oxygen atoms in total. The second-order valence-corrected chi connectivity index (χ2v) is 3.45. The van der Waals surface area contributed by atoms with Crippen LogP contribution in [-0.4, -0.2) is 4.98 Å². The van der Waals surface area contributed by atoms with E-state index in [-0.39, 0.29) is 22.8 Å². The third-order valence-corrected chi connectivity index (χ3v) is 2.32. The molecule has 0 aliphatic rings. The van der Waals surface area contributed by atoms with E-state index in [1.807, 2.05) is 6.07 Å².